The van der Waals surface area contributed by atoms with Gasteiger partial charge in [0.05, 0.1) is 16.5 Å². The Morgan fingerprint density at radius 1 is 1.50 bits per heavy atom. The third-order valence-electron chi connectivity index (χ3n) is 4.01. The predicted molar refractivity (Wildman–Crippen MR) is 96.7 cm³/mol. The number of nitrogens with zero attached hydrogens (tertiary/aromatic N) is 3. The molecule has 0 unspecified atom stereocenters. The molecule has 0 spiro atoms. The van der Waals surface area contributed by atoms with Crippen LogP contribution in [0, 0.1) is 0 Å². The Labute approximate surface area is 145 Å². The standard InChI is InChI=1S/C16H19N3O3S2/c1-3-10-18(16-17-12-7-4-5-9-14(12)23-16)15(20)13-8-6-11-19(13)24(2,21)22/h3-5,7,9,13H,1,6,8,10-11H2,2H3/t13-/m0/s1. The SMILES string of the molecule is C=CCN(C(=O)[C@@H]1CCCN1S(C)(=O)=O)c1nc2ccccc2s1. The Hall–Kier alpha value is -1.77. The first kappa shape index (κ1) is 17.1. The molecule has 1 amide bonds. The molecule has 1 aromatic carbocycles. The summed E-state index contributed by atoms with van der Waals surface area (Å²) >= 11 is 1.42. The molecule has 1 saturated heterocycles. The van der Waals surface area contributed by atoms with Crippen LogP contribution < -0.4 is 4.90 Å². The molecule has 2 heterocycles. The minimum atomic E-state index is -3.41. The molecule has 1 aromatic heterocycles. The van der Waals surface area contributed by atoms with E-state index in [1.165, 1.54) is 20.5 Å². The van der Waals surface area contributed by atoms with Gasteiger partial charge >= 0.3 is 0 Å². The van der Waals surface area contributed by atoms with E-state index in [0.29, 0.717) is 31.1 Å². The normalized spacial score (nSPS) is 18.8. The van der Waals surface area contributed by atoms with Gasteiger partial charge in [-0.1, -0.05) is 29.5 Å². The lowest BCUT2D eigenvalue weighted by Crippen LogP contribution is -2.47. The molecule has 2 aromatic rings. The second-order valence-corrected chi connectivity index (χ2v) is 8.68. The van der Waals surface area contributed by atoms with Gasteiger partial charge in [0.15, 0.2) is 5.13 Å². The molecule has 3 rings (SSSR count). The number of hydrogen-bond acceptors (Lipinski definition) is 5. The van der Waals surface area contributed by atoms with Crippen LogP contribution in [0.2, 0.25) is 0 Å². The van der Waals surface area contributed by atoms with E-state index in [9.17, 15) is 13.2 Å². The first-order chi connectivity index (χ1) is 11.4. The largest absolute Gasteiger partial charge is 0.283 e. The molecule has 8 heteroatoms. The van der Waals surface area contributed by atoms with Crippen molar-refractivity contribution in [2.45, 2.75) is 18.9 Å². The fourth-order valence-electron chi connectivity index (χ4n) is 2.93. The molecular weight excluding hydrogens is 346 g/mol. The lowest BCUT2D eigenvalue weighted by atomic mass is 10.2. The maximum absolute atomic E-state index is 13.0. The van der Waals surface area contributed by atoms with E-state index >= 15 is 0 Å². The summed E-state index contributed by atoms with van der Waals surface area (Å²) in [6.07, 6.45) is 3.99. The number of carbonyl (C=O) groups is 1. The van der Waals surface area contributed by atoms with Gasteiger partial charge in [0, 0.05) is 13.1 Å². The van der Waals surface area contributed by atoms with Crippen molar-refractivity contribution in [1.82, 2.24) is 9.29 Å². The summed E-state index contributed by atoms with van der Waals surface area (Å²) in [7, 11) is -3.41. The van der Waals surface area contributed by atoms with Gasteiger partial charge in [-0.3, -0.25) is 9.69 Å². The van der Waals surface area contributed by atoms with Crippen LogP contribution in [0.25, 0.3) is 10.2 Å². The average molecular weight is 365 g/mol. The lowest BCUT2D eigenvalue weighted by Gasteiger charge is -2.26. The minimum absolute atomic E-state index is 0.239. The van der Waals surface area contributed by atoms with Gasteiger partial charge in [-0.25, -0.2) is 13.4 Å². The Morgan fingerprint density at radius 2 is 2.25 bits per heavy atom. The molecule has 1 atom stereocenters. The van der Waals surface area contributed by atoms with Crippen LogP contribution in [0.1, 0.15) is 12.8 Å². The van der Waals surface area contributed by atoms with Crippen LogP contribution >= 0.6 is 11.3 Å². The van der Waals surface area contributed by atoms with Crippen molar-refractivity contribution in [2.75, 3.05) is 24.2 Å². The summed E-state index contributed by atoms with van der Waals surface area (Å²) < 4.78 is 26.1. The number of sulfonamides is 1. The predicted octanol–water partition coefficient (Wildman–Crippen LogP) is 2.24. The number of aromatic nitrogens is 1. The minimum Gasteiger partial charge on any atom is -0.283 e. The third-order valence-corrected chi connectivity index (χ3v) is 6.35. The van der Waals surface area contributed by atoms with E-state index in [2.05, 4.69) is 11.6 Å². The van der Waals surface area contributed by atoms with Crippen molar-refractivity contribution in [3.63, 3.8) is 0 Å². The monoisotopic (exact) mass is 365 g/mol. The van der Waals surface area contributed by atoms with Crippen molar-refractivity contribution in [3.05, 3.63) is 36.9 Å². The van der Waals surface area contributed by atoms with Gasteiger partial charge in [-0.2, -0.15) is 4.31 Å². The number of anilines is 1. The van der Waals surface area contributed by atoms with E-state index in [-0.39, 0.29) is 5.91 Å². The van der Waals surface area contributed by atoms with Crippen LogP contribution in [0.5, 0.6) is 0 Å². The highest BCUT2D eigenvalue weighted by molar-refractivity contribution is 7.88. The zero-order chi connectivity index (χ0) is 17.3. The summed E-state index contributed by atoms with van der Waals surface area (Å²) in [6, 6.07) is 7.00. The van der Waals surface area contributed by atoms with Crippen LogP contribution in [-0.4, -0.2) is 49.0 Å². The summed E-state index contributed by atoms with van der Waals surface area (Å²) in [5.41, 5.74) is 0.825. The summed E-state index contributed by atoms with van der Waals surface area (Å²) in [5.74, 6) is -0.239. The smallest absolute Gasteiger partial charge is 0.247 e. The van der Waals surface area contributed by atoms with Crippen molar-refractivity contribution >= 4 is 42.6 Å². The van der Waals surface area contributed by atoms with Crippen LogP contribution in [0.3, 0.4) is 0 Å². The highest BCUT2D eigenvalue weighted by Crippen LogP contribution is 2.31. The van der Waals surface area contributed by atoms with Gasteiger partial charge in [0.25, 0.3) is 0 Å². The molecule has 1 fully saturated rings. The fraction of sp³-hybridized carbons (Fsp3) is 0.375. The van der Waals surface area contributed by atoms with Crippen molar-refractivity contribution in [3.8, 4) is 0 Å². The van der Waals surface area contributed by atoms with Crippen molar-refractivity contribution in [1.29, 1.82) is 0 Å². The van der Waals surface area contributed by atoms with Crippen LogP contribution in [0.4, 0.5) is 5.13 Å². The molecule has 24 heavy (non-hydrogen) atoms. The number of benzene rings is 1. The van der Waals surface area contributed by atoms with Crippen LogP contribution in [0.15, 0.2) is 36.9 Å². The quantitative estimate of drug-likeness (QED) is 0.762. The zero-order valence-corrected chi connectivity index (χ0v) is 15.0. The van der Waals surface area contributed by atoms with Gasteiger partial charge in [0.1, 0.15) is 6.04 Å². The summed E-state index contributed by atoms with van der Waals surface area (Å²) in [4.78, 5) is 19.1. The Bertz CT molecular complexity index is 843. The number of hydrogen-bond donors (Lipinski definition) is 0. The van der Waals surface area contributed by atoms with E-state index in [4.69, 9.17) is 0 Å². The van der Waals surface area contributed by atoms with Gasteiger partial charge < -0.3 is 0 Å². The van der Waals surface area contributed by atoms with E-state index < -0.39 is 16.1 Å². The highest BCUT2D eigenvalue weighted by atomic mass is 32.2. The van der Waals surface area contributed by atoms with E-state index in [1.807, 2.05) is 24.3 Å². The molecule has 0 radical (unpaired) electrons. The molecule has 0 N–H and O–H groups in total. The fourth-order valence-corrected chi connectivity index (χ4v) is 5.03. The molecule has 6 nitrogen and oxygen atoms in total. The maximum Gasteiger partial charge on any atom is 0.247 e. The number of fused-ring (bicyclic) bond motifs is 1. The number of para-hydroxylation sites is 1. The number of amides is 1. The zero-order valence-electron chi connectivity index (χ0n) is 13.4. The Kier molecular flexibility index (Phi) is 4.71. The number of carbonyl (C=O) groups excluding carboxylic acids is 1. The highest BCUT2D eigenvalue weighted by Gasteiger charge is 2.39. The first-order valence-corrected chi connectivity index (χ1v) is 10.3. The average Bonchev–Trinajstić information content (AvgIpc) is 3.17. The molecular formula is C16H19N3O3S2. The number of rotatable bonds is 5. The maximum atomic E-state index is 13.0. The molecule has 1 aliphatic rings. The van der Waals surface area contributed by atoms with Gasteiger partial charge in [-0.15, -0.1) is 6.58 Å². The van der Waals surface area contributed by atoms with Crippen molar-refractivity contribution < 1.29 is 13.2 Å². The molecule has 1 aliphatic heterocycles. The van der Waals surface area contributed by atoms with E-state index in [0.717, 1.165) is 16.5 Å². The summed E-state index contributed by atoms with van der Waals surface area (Å²) in [6.45, 7) is 4.39. The molecule has 128 valence electrons. The Balaban J connectivity index is 1.95. The second kappa shape index (κ2) is 6.62. The summed E-state index contributed by atoms with van der Waals surface area (Å²) in [5, 5.41) is 0.571. The van der Waals surface area contributed by atoms with E-state index in [1.54, 1.807) is 6.08 Å². The first-order valence-electron chi connectivity index (χ1n) is 7.66. The third kappa shape index (κ3) is 3.22. The van der Waals surface area contributed by atoms with Gasteiger partial charge in [0.2, 0.25) is 15.9 Å². The van der Waals surface area contributed by atoms with Crippen molar-refractivity contribution in [2.24, 2.45) is 0 Å². The number of thiazole rings is 1. The molecule has 0 saturated carbocycles. The molecule has 0 aliphatic carbocycles. The Morgan fingerprint density at radius 3 is 2.92 bits per heavy atom. The van der Waals surface area contributed by atoms with Crippen LogP contribution in [-0.2, 0) is 14.8 Å². The van der Waals surface area contributed by atoms with Gasteiger partial charge in [-0.05, 0) is 25.0 Å². The lowest BCUT2D eigenvalue weighted by molar-refractivity contribution is -0.121. The topological polar surface area (TPSA) is 70.6 Å². The molecule has 0 bridgehead atoms. The second-order valence-electron chi connectivity index (χ2n) is 5.73.